The molecule has 0 aliphatic carbocycles. The summed E-state index contributed by atoms with van der Waals surface area (Å²) >= 11 is 0. The van der Waals surface area contributed by atoms with Gasteiger partial charge in [-0.15, -0.1) is 0 Å². The van der Waals surface area contributed by atoms with Crippen molar-refractivity contribution < 1.29 is 17.9 Å². The maximum Gasteiger partial charge on any atom is 0.112 e. The van der Waals surface area contributed by atoms with Crippen molar-refractivity contribution in [2.24, 2.45) is 0 Å². The average molecular weight is 388 g/mol. The first-order valence-corrected chi connectivity index (χ1v) is 12.3. The van der Waals surface area contributed by atoms with Crippen LogP contribution in [0.2, 0.25) is 0 Å². The van der Waals surface area contributed by atoms with Crippen LogP contribution in [0.4, 0.5) is 0 Å². The number of quaternary nitrogens is 1. The van der Waals surface area contributed by atoms with Gasteiger partial charge in [0.1, 0.15) is 5.70 Å². The molecule has 4 nitrogen and oxygen atoms in total. The monoisotopic (exact) mass is 387 g/mol. The lowest BCUT2D eigenvalue weighted by molar-refractivity contribution is -0.804. The molecule has 5 heteroatoms. The summed E-state index contributed by atoms with van der Waals surface area (Å²) < 4.78 is 27.2. The minimum atomic E-state index is -3.92. The van der Waals surface area contributed by atoms with Gasteiger partial charge in [0.25, 0.3) is 0 Å². The van der Waals surface area contributed by atoms with E-state index in [0.717, 1.165) is 0 Å². The number of unbranched alkanes of at least 4 members (excludes halogenated alkanes) is 10. The Morgan fingerprint density at radius 3 is 1.81 bits per heavy atom. The van der Waals surface area contributed by atoms with E-state index in [1.807, 2.05) is 0 Å². The second-order valence-electron chi connectivity index (χ2n) is 7.32. The Balaban J connectivity index is 0.00000110. The Bertz CT molecular complexity index is 475. The van der Waals surface area contributed by atoms with E-state index in [2.05, 4.69) is 32.2 Å². The van der Waals surface area contributed by atoms with Gasteiger partial charge in [-0.2, -0.15) is 0 Å². The Morgan fingerprint density at radius 2 is 1.31 bits per heavy atom. The van der Waals surface area contributed by atoms with Gasteiger partial charge in [0, 0.05) is 18.8 Å². The van der Waals surface area contributed by atoms with Crippen LogP contribution in [0, 0.1) is 0 Å². The summed E-state index contributed by atoms with van der Waals surface area (Å²) in [5.41, 5.74) is 1.62. The van der Waals surface area contributed by atoms with Crippen molar-refractivity contribution in [1.29, 1.82) is 0 Å². The quantitative estimate of drug-likeness (QED) is 0.351. The molecule has 1 aliphatic heterocycles. The summed E-state index contributed by atoms with van der Waals surface area (Å²) in [6.07, 6.45) is 25.8. The first-order chi connectivity index (χ1) is 12.4. The Kier molecular flexibility index (Phi) is 16.1. The molecule has 0 amide bonds. The summed E-state index contributed by atoms with van der Waals surface area (Å²) in [7, 11) is -3.92. The zero-order valence-corrected chi connectivity index (χ0v) is 18.1. The topological polar surface area (TPSA) is 61.6 Å². The second-order valence-corrected chi connectivity index (χ2v) is 8.72. The molecule has 1 atom stereocenters. The van der Waals surface area contributed by atoms with Crippen molar-refractivity contribution in [3.63, 3.8) is 0 Å². The molecular weight excluding hydrogens is 346 g/mol. The molecule has 154 valence electrons. The van der Waals surface area contributed by atoms with Crippen molar-refractivity contribution in [3.05, 3.63) is 24.0 Å². The third-order valence-corrected chi connectivity index (χ3v) is 4.61. The molecule has 0 saturated carbocycles. The number of hydrogen-bond donors (Lipinski definition) is 1. The molecule has 1 heterocycles. The highest BCUT2D eigenvalue weighted by Crippen LogP contribution is 2.10. The highest BCUT2D eigenvalue weighted by molar-refractivity contribution is 7.84. The highest BCUT2D eigenvalue weighted by Gasteiger charge is 2.15. The smallest absolute Gasteiger partial charge is 0.112 e. The highest BCUT2D eigenvalue weighted by atomic mass is 32.2. The van der Waals surface area contributed by atoms with Crippen LogP contribution in [-0.2, 0) is 10.1 Å². The van der Waals surface area contributed by atoms with Gasteiger partial charge in [0.2, 0.25) is 0 Å². The normalized spacial score (nSPS) is 16.3. The van der Waals surface area contributed by atoms with Gasteiger partial charge in [-0.1, -0.05) is 71.6 Å². The van der Waals surface area contributed by atoms with Crippen molar-refractivity contribution in [1.82, 2.24) is 0 Å². The van der Waals surface area contributed by atoms with E-state index in [9.17, 15) is 0 Å². The van der Waals surface area contributed by atoms with Crippen LogP contribution < -0.4 is 4.90 Å². The van der Waals surface area contributed by atoms with Gasteiger partial charge in [-0.25, -0.2) is 8.42 Å². The first-order valence-electron chi connectivity index (χ1n) is 10.5. The van der Waals surface area contributed by atoms with Crippen LogP contribution >= 0.6 is 0 Å². The van der Waals surface area contributed by atoms with E-state index in [0.29, 0.717) is 6.26 Å². The van der Waals surface area contributed by atoms with Gasteiger partial charge in [0.15, 0.2) is 0 Å². The van der Waals surface area contributed by atoms with Crippen LogP contribution in [0.1, 0.15) is 97.3 Å². The molecule has 1 rings (SSSR count). The van der Waals surface area contributed by atoms with E-state index in [-0.39, 0.29) is 0 Å². The standard InChI is InChI=1S/C20H37N.CH4O3S/c1-3-5-7-8-9-10-11-12-13-14-18-21-19-15-17-20(21)16-6-4-2;1-5(2,3)4/h15,17,19H,3-14,16,18H2,1-2H3;1H3,(H,2,3,4). The first kappa shape index (κ1) is 25.4. The fraction of sp³-hybridized carbons (Fsp3) is 0.810. The molecular formula is C21H41NO3S. The van der Waals surface area contributed by atoms with E-state index in [4.69, 9.17) is 13.0 Å². The second kappa shape index (κ2) is 16.5. The van der Waals surface area contributed by atoms with E-state index in [1.165, 1.54) is 90.0 Å². The summed E-state index contributed by atoms with van der Waals surface area (Å²) in [5.74, 6) is 0. The SMILES string of the molecule is CCCCCCCCCCCC[NH+]1C=CC=C1CCCC.CS(=O)(=O)[O-]. The van der Waals surface area contributed by atoms with Crippen molar-refractivity contribution in [2.75, 3.05) is 12.8 Å². The zero-order chi connectivity index (χ0) is 19.7. The Morgan fingerprint density at radius 1 is 0.846 bits per heavy atom. The van der Waals surface area contributed by atoms with Gasteiger partial charge < -0.3 is 4.55 Å². The molecule has 0 radical (unpaired) electrons. The van der Waals surface area contributed by atoms with E-state index >= 15 is 0 Å². The number of hydrogen-bond acceptors (Lipinski definition) is 3. The van der Waals surface area contributed by atoms with Crippen molar-refractivity contribution >= 4 is 10.1 Å². The maximum atomic E-state index is 9.08. The summed E-state index contributed by atoms with van der Waals surface area (Å²) in [4.78, 5) is 1.63. The zero-order valence-electron chi connectivity index (χ0n) is 17.3. The van der Waals surface area contributed by atoms with Crippen LogP contribution in [0.25, 0.3) is 0 Å². The van der Waals surface area contributed by atoms with Crippen LogP contribution in [0.15, 0.2) is 24.0 Å². The molecule has 0 spiro atoms. The summed E-state index contributed by atoms with van der Waals surface area (Å²) in [5, 5.41) is 0. The molecule has 1 N–H and O–H groups in total. The molecule has 0 bridgehead atoms. The fourth-order valence-corrected chi connectivity index (χ4v) is 3.15. The number of nitrogens with one attached hydrogen (secondary N) is 1. The number of allylic oxidation sites excluding steroid dienone is 3. The van der Waals surface area contributed by atoms with Gasteiger partial charge >= 0.3 is 0 Å². The van der Waals surface area contributed by atoms with E-state index < -0.39 is 10.1 Å². The van der Waals surface area contributed by atoms with Crippen LogP contribution in [0.3, 0.4) is 0 Å². The minimum absolute atomic E-state index is 0.604. The molecule has 0 aromatic heterocycles. The lowest BCUT2D eigenvalue weighted by Crippen LogP contribution is -3.04. The molecule has 1 aliphatic rings. The van der Waals surface area contributed by atoms with Crippen molar-refractivity contribution in [2.45, 2.75) is 97.3 Å². The molecule has 0 fully saturated rings. The average Bonchev–Trinajstić information content (AvgIpc) is 3.00. The predicted octanol–water partition coefficient (Wildman–Crippen LogP) is 4.56. The Labute approximate surface area is 162 Å². The van der Waals surface area contributed by atoms with Gasteiger partial charge in [-0.3, -0.25) is 4.90 Å². The number of rotatable bonds is 14. The van der Waals surface area contributed by atoms with E-state index in [1.54, 1.807) is 10.6 Å². The lowest BCUT2D eigenvalue weighted by Gasteiger charge is -2.14. The fourth-order valence-electron chi connectivity index (χ4n) is 3.15. The largest absolute Gasteiger partial charge is 0.748 e. The Hall–Kier alpha value is -0.650. The molecule has 26 heavy (non-hydrogen) atoms. The van der Waals surface area contributed by atoms with Crippen LogP contribution in [0.5, 0.6) is 0 Å². The summed E-state index contributed by atoms with van der Waals surface area (Å²) in [6, 6.07) is 0. The molecule has 0 aromatic carbocycles. The predicted molar refractivity (Wildman–Crippen MR) is 110 cm³/mol. The summed E-state index contributed by atoms with van der Waals surface area (Å²) in [6.45, 7) is 5.88. The minimum Gasteiger partial charge on any atom is -0.748 e. The lowest BCUT2D eigenvalue weighted by atomic mass is 10.1. The van der Waals surface area contributed by atoms with Gasteiger partial charge in [0.05, 0.1) is 22.9 Å². The van der Waals surface area contributed by atoms with Crippen molar-refractivity contribution in [3.8, 4) is 0 Å². The molecule has 0 saturated heterocycles. The third-order valence-electron chi connectivity index (χ3n) is 4.61. The van der Waals surface area contributed by atoms with Gasteiger partial charge in [-0.05, 0) is 25.3 Å². The molecule has 0 aromatic rings. The maximum absolute atomic E-state index is 9.08. The third kappa shape index (κ3) is 18.2. The molecule has 1 unspecified atom stereocenters. The van der Waals surface area contributed by atoms with Crippen LogP contribution in [-0.4, -0.2) is 25.8 Å².